The molecule has 1 aromatic heterocycles. The summed E-state index contributed by atoms with van der Waals surface area (Å²) in [5, 5.41) is 11.6. The third kappa shape index (κ3) is 2.12. The van der Waals surface area contributed by atoms with Gasteiger partial charge in [0.2, 0.25) is 0 Å². The van der Waals surface area contributed by atoms with E-state index < -0.39 is 0 Å². The standard InChI is InChI=1S/C13H15N3S2/c1-8-2-3-9-10(6-8)18-13-11(9)12(15-7-16-13)17-5-4-14/h7-10H,2-3,5-6H2,1H3. The van der Waals surface area contributed by atoms with E-state index in [4.69, 9.17) is 5.26 Å². The van der Waals surface area contributed by atoms with Crippen LogP contribution in [0.4, 0.5) is 0 Å². The van der Waals surface area contributed by atoms with Gasteiger partial charge in [-0.2, -0.15) is 5.26 Å². The second-order valence-corrected chi connectivity index (χ2v) is 7.22. The molecule has 2 aliphatic rings. The predicted molar refractivity (Wildman–Crippen MR) is 73.8 cm³/mol. The number of hydrogen-bond donors (Lipinski definition) is 0. The molecule has 0 bridgehead atoms. The van der Waals surface area contributed by atoms with Gasteiger partial charge in [0.15, 0.2) is 0 Å². The van der Waals surface area contributed by atoms with Gasteiger partial charge in [0.25, 0.3) is 0 Å². The molecule has 3 atom stereocenters. The van der Waals surface area contributed by atoms with Crippen LogP contribution in [0, 0.1) is 17.2 Å². The lowest BCUT2D eigenvalue weighted by Gasteiger charge is -2.29. The van der Waals surface area contributed by atoms with Gasteiger partial charge in [0.1, 0.15) is 16.4 Å². The minimum Gasteiger partial charge on any atom is -0.230 e. The molecule has 3 unspecified atom stereocenters. The van der Waals surface area contributed by atoms with Gasteiger partial charge < -0.3 is 0 Å². The van der Waals surface area contributed by atoms with Crippen LogP contribution in [0.2, 0.25) is 0 Å². The summed E-state index contributed by atoms with van der Waals surface area (Å²) in [7, 11) is 0. The van der Waals surface area contributed by atoms with E-state index in [0.717, 1.165) is 16.0 Å². The minimum atomic E-state index is 0.474. The molecule has 94 valence electrons. The Labute approximate surface area is 116 Å². The van der Waals surface area contributed by atoms with Crippen molar-refractivity contribution in [2.75, 3.05) is 5.75 Å². The summed E-state index contributed by atoms with van der Waals surface area (Å²) in [6.07, 6.45) is 5.48. The highest BCUT2D eigenvalue weighted by atomic mass is 32.2. The maximum atomic E-state index is 8.72. The molecular weight excluding hydrogens is 262 g/mol. The number of rotatable bonds is 2. The topological polar surface area (TPSA) is 49.6 Å². The van der Waals surface area contributed by atoms with Crippen LogP contribution >= 0.6 is 23.5 Å². The first-order valence-electron chi connectivity index (χ1n) is 6.31. The summed E-state index contributed by atoms with van der Waals surface area (Å²) in [6.45, 7) is 2.34. The molecule has 1 aromatic rings. The summed E-state index contributed by atoms with van der Waals surface area (Å²) in [5.74, 6) is 1.92. The highest BCUT2D eigenvalue weighted by Crippen LogP contribution is 2.53. The summed E-state index contributed by atoms with van der Waals surface area (Å²) in [4.78, 5) is 8.82. The fraction of sp³-hybridized carbons (Fsp3) is 0.615. The van der Waals surface area contributed by atoms with Crippen molar-refractivity contribution in [3.8, 4) is 6.07 Å². The lowest BCUT2D eigenvalue weighted by atomic mass is 9.80. The zero-order valence-corrected chi connectivity index (χ0v) is 11.9. The van der Waals surface area contributed by atoms with Crippen molar-refractivity contribution in [3.05, 3.63) is 11.9 Å². The number of aromatic nitrogens is 2. The number of nitriles is 1. The fourth-order valence-corrected chi connectivity index (χ4v) is 5.35. The molecule has 0 amide bonds. The maximum Gasteiger partial charge on any atom is 0.118 e. The van der Waals surface area contributed by atoms with Crippen LogP contribution in [0.1, 0.15) is 37.7 Å². The maximum absolute atomic E-state index is 8.72. The number of hydrogen-bond acceptors (Lipinski definition) is 5. The van der Waals surface area contributed by atoms with Crippen LogP contribution in [0.25, 0.3) is 0 Å². The summed E-state index contributed by atoms with van der Waals surface area (Å²) >= 11 is 3.48. The van der Waals surface area contributed by atoms with Crippen LogP contribution < -0.4 is 0 Å². The lowest BCUT2D eigenvalue weighted by Crippen LogP contribution is -2.21. The molecule has 18 heavy (non-hydrogen) atoms. The van der Waals surface area contributed by atoms with E-state index in [0.29, 0.717) is 16.9 Å². The molecule has 1 saturated carbocycles. The van der Waals surface area contributed by atoms with Gasteiger partial charge in [-0.3, -0.25) is 0 Å². The Morgan fingerprint density at radius 2 is 2.39 bits per heavy atom. The van der Waals surface area contributed by atoms with Gasteiger partial charge in [-0.05, 0) is 18.8 Å². The second kappa shape index (κ2) is 5.10. The SMILES string of the molecule is CC1CCC2c3c(SCC#N)ncnc3SC2C1. The Morgan fingerprint density at radius 1 is 1.50 bits per heavy atom. The molecule has 0 N–H and O–H groups in total. The first-order chi connectivity index (χ1) is 8.79. The Hall–Kier alpha value is -0.730. The third-order valence-corrected chi connectivity index (χ3v) is 6.02. The van der Waals surface area contributed by atoms with Crippen LogP contribution in [0.5, 0.6) is 0 Å². The van der Waals surface area contributed by atoms with Crippen molar-refractivity contribution in [3.63, 3.8) is 0 Å². The lowest BCUT2D eigenvalue weighted by molar-refractivity contribution is 0.358. The predicted octanol–water partition coefficient (Wildman–Crippen LogP) is 3.47. The first kappa shape index (κ1) is 12.3. The van der Waals surface area contributed by atoms with Gasteiger partial charge in [-0.25, -0.2) is 9.97 Å². The van der Waals surface area contributed by atoms with Gasteiger partial charge in [0, 0.05) is 16.7 Å². The van der Waals surface area contributed by atoms with Crippen molar-refractivity contribution in [2.24, 2.45) is 5.92 Å². The van der Waals surface area contributed by atoms with Gasteiger partial charge in [-0.15, -0.1) is 11.8 Å². The fourth-order valence-electron chi connectivity index (χ4n) is 2.92. The monoisotopic (exact) mass is 277 g/mol. The zero-order valence-electron chi connectivity index (χ0n) is 10.3. The van der Waals surface area contributed by atoms with E-state index >= 15 is 0 Å². The quantitative estimate of drug-likeness (QED) is 0.612. The van der Waals surface area contributed by atoms with E-state index in [1.807, 2.05) is 11.8 Å². The first-order valence-corrected chi connectivity index (χ1v) is 8.17. The third-order valence-electron chi connectivity index (χ3n) is 3.77. The van der Waals surface area contributed by atoms with Crippen molar-refractivity contribution in [1.29, 1.82) is 5.26 Å². The van der Waals surface area contributed by atoms with Gasteiger partial charge in [-0.1, -0.05) is 25.1 Å². The summed E-state index contributed by atoms with van der Waals surface area (Å²) < 4.78 is 0. The number of fused-ring (bicyclic) bond motifs is 3. The van der Waals surface area contributed by atoms with Crippen LogP contribution in [0.15, 0.2) is 16.4 Å². The van der Waals surface area contributed by atoms with Crippen molar-refractivity contribution in [1.82, 2.24) is 9.97 Å². The van der Waals surface area contributed by atoms with E-state index in [-0.39, 0.29) is 0 Å². The van der Waals surface area contributed by atoms with E-state index in [9.17, 15) is 0 Å². The molecule has 0 radical (unpaired) electrons. The van der Waals surface area contributed by atoms with Crippen LogP contribution in [-0.4, -0.2) is 21.0 Å². The molecule has 0 spiro atoms. The van der Waals surface area contributed by atoms with Gasteiger partial charge >= 0.3 is 0 Å². The highest BCUT2D eigenvalue weighted by molar-refractivity contribution is 8.00. The Kier molecular flexibility index (Phi) is 3.49. The molecule has 1 fully saturated rings. The summed E-state index contributed by atoms with van der Waals surface area (Å²) in [6, 6.07) is 2.18. The number of thioether (sulfide) groups is 2. The Bertz CT molecular complexity index is 497. The van der Waals surface area contributed by atoms with Crippen molar-refractivity contribution in [2.45, 2.75) is 47.4 Å². The normalized spacial score (nSPS) is 29.4. The van der Waals surface area contributed by atoms with Crippen molar-refractivity contribution >= 4 is 23.5 Å². The molecule has 0 saturated heterocycles. The molecule has 5 heteroatoms. The summed E-state index contributed by atoms with van der Waals surface area (Å²) in [5.41, 5.74) is 1.33. The van der Waals surface area contributed by atoms with Crippen LogP contribution in [0.3, 0.4) is 0 Å². The van der Waals surface area contributed by atoms with E-state index in [2.05, 4.69) is 23.0 Å². The van der Waals surface area contributed by atoms with E-state index in [1.54, 1.807) is 18.1 Å². The molecule has 1 aliphatic carbocycles. The highest BCUT2D eigenvalue weighted by Gasteiger charge is 2.40. The Balaban J connectivity index is 1.91. The van der Waals surface area contributed by atoms with Gasteiger partial charge in [0.05, 0.1) is 11.8 Å². The molecule has 1 aliphatic heterocycles. The molecule has 3 nitrogen and oxygen atoms in total. The largest absolute Gasteiger partial charge is 0.230 e. The molecule has 0 aromatic carbocycles. The average molecular weight is 277 g/mol. The molecule has 2 heterocycles. The molecule has 3 rings (SSSR count). The number of nitrogens with zero attached hydrogens (tertiary/aromatic N) is 3. The smallest absolute Gasteiger partial charge is 0.118 e. The van der Waals surface area contributed by atoms with Crippen LogP contribution in [-0.2, 0) is 0 Å². The average Bonchev–Trinajstić information content (AvgIpc) is 2.73. The second-order valence-electron chi connectivity index (χ2n) is 5.03. The minimum absolute atomic E-state index is 0.474. The Morgan fingerprint density at radius 3 is 3.22 bits per heavy atom. The zero-order chi connectivity index (χ0) is 12.5. The van der Waals surface area contributed by atoms with E-state index in [1.165, 1.54) is 24.8 Å². The molecular formula is C13H15N3S2. The van der Waals surface area contributed by atoms with Crippen molar-refractivity contribution < 1.29 is 0 Å².